The Bertz CT molecular complexity index is 1210. The van der Waals surface area contributed by atoms with Crippen LogP contribution in [0.25, 0.3) is 5.69 Å². The molecular formula is C25H23ClN4O2S. The summed E-state index contributed by atoms with van der Waals surface area (Å²) in [5, 5.41) is 13.0. The van der Waals surface area contributed by atoms with Gasteiger partial charge in [0, 0.05) is 28.9 Å². The van der Waals surface area contributed by atoms with Gasteiger partial charge in [-0.05, 0) is 48.4 Å². The summed E-state index contributed by atoms with van der Waals surface area (Å²) in [6, 6.07) is 25.0. The molecule has 0 spiro atoms. The van der Waals surface area contributed by atoms with Gasteiger partial charge in [0.1, 0.15) is 11.6 Å². The number of halogens is 1. The predicted molar refractivity (Wildman–Crippen MR) is 133 cm³/mol. The summed E-state index contributed by atoms with van der Waals surface area (Å²) in [5.74, 6) is 1.58. The Labute approximate surface area is 202 Å². The van der Waals surface area contributed by atoms with Crippen LogP contribution in [0.1, 0.15) is 11.4 Å². The molecule has 0 bridgehead atoms. The molecule has 8 heteroatoms. The summed E-state index contributed by atoms with van der Waals surface area (Å²) in [5.41, 5.74) is 2.82. The van der Waals surface area contributed by atoms with Crippen molar-refractivity contribution in [1.29, 1.82) is 0 Å². The van der Waals surface area contributed by atoms with Crippen LogP contribution in [-0.2, 0) is 17.6 Å². The maximum absolute atomic E-state index is 12.5. The molecule has 0 unspecified atom stereocenters. The Kier molecular flexibility index (Phi) is 7.65. The highest BCUT2D eigenvalue weighted by Crippen LogP contribution is 2.25. The van der Waals surface area contributed by atoms with Crippen molar-refractivity contribution >= 4 is 35.0 Å². The van der Waals surface area contributed by atoms with Crippen molar-refractivity contribution in [3.63, 3.8) is 0 Å². The number of nitrogens with zero attached hydrogens (tertiary/aromatic N) is 3. The lowest BCUT2D eigenvalue weighted by Crippen LogP contribution is -2.14. The lowest BCUT2D eigenvalue weighted by Gasteiger charge is -2.11. The number of aryl methyl sites for hydroxylation is 2. The first-order valence-corrected chi connectivity index (χ1v) is 11.8. The monoisotopic (exact) mass is 478 g/mol. The van der Waals surface area contributed by atoms with E-state index < -0.39 is 0 Å². The number of anilines is 1. The number of carbonyl (C=O) groups excluding carboxylic acids is 1. The maximum atomic E-state index is 12.5. The Morgan fingerprint density at radius 2 is 1.79 bits per heavy atom. The quantitative estimate of drug-likeness (QED) is 0.324. The number of benzene rings is 3. The Morgan fingerprint density at radius 1 is 1.00 bits per heavy atom. The largest absolute Gasteiger partial charge is 0.497 e. The molecule has 1 N–H and O–H groups in total. The zero-order valence-corrected chi connectivity index (χ0v) is 19.6. The molecule has 1 heterocycles. The molecule has 0 aliphatic carbocycles. The van der Waals surface area contributed by atoms with E-state index in [1.165, 1.54) is 17.3 Å². The van der Waals surface area contributed by atoms with E-state index in [1.807, 2.05) is 65.2 Å². The molecule has 0 aliphatic rings. The van der Waals surface area contributed by atoms with Crippen LogP contribution >= 0.6 is 23.4 Å². The van der Waals surface area contributed by atoms with E-state index in [1.54, 1.807) is 13.2 Å². The molecule has 33 heavy (non-hydrogen) atoms. The fourth-order valence-corrected chi connectivity index (χ4v) is 4.23. The second-order valence-electron chi connectivity index (χ2n) is 7.27. The van der Waals surface area contributed by atoms with Crippen LogP contribution in [0.15, 0.2) is 84.0 Å². The summed E-state index contributed by atoms with van der Waals surface area (Å²) < 4.78 is 7.20. The van der Waals surface area contributed by atoms with Gasteiger partial charge >= 0.3 is 0 Å². The molecule has 0 saturated heterocycles. The van der Waals surface area contributed by atoms with Crippen LogP contribution in [0.4, 0.5) is 5.69 Å². The first-order valence-electron chi connectivity index (χ1n) is 10.4. The van der Waals surface area contributed by atoms with Gasteiger partial charge < -0.3 is 10.1 Å². The zero-order chi connectivity index (χ0) is 23.0. The molecule has 6 nitrogen and oxygen atoms in total. The second-order valence-corrected chi connectivity index (χ2v) is 8.64. The lowest BCUT2D eigenvalue weighted by atomic mass is 10.1. The molecule has 4 aromatic rings. The van der Waals surface area contributed by atoms with E-state index in [0.717, 1.165) is 24.4 Å². The minimum atomic E-state index is -0.134. The van der Waals surface area contributed by atoms with Crippen molar-refractivity contribution in [1.82, 2.24) is 14.8 Å². The van der Waals surface area contributed by atoms with Crippen molar-refractivity contribution in [3.05, 3.63) is 95.3 Å². The summed E-state index contributed by atoms with van der Waals surface area (Å²) in [7, 11) is 1.59. The highest BCUT2D eigenvalue weighted by Gasteiger charge is 2.16. The number of nitrogens with one attached hydrogen (secondary N) is 1. The Morgan fingerprint density at radius 3 is 2.55 bits per heavy atom. The van der Waals surface area contributed by atoms with Gasteiger partial charge in [-0.3, -0.25) is 9.36 Å². The lowest BCUT2D eigenvalue weighted by molar-refractivity contribution is -0.113. The highest BCUT2D eigenvalue weighted by atomic mass is 35.5. The fraction of sp³-hybridized carbons (Fsp3) is 0.160. The maximum Gasteiger partial charge on any atom is 0.234 e. The number of thioether (sulfide) groups is 1. The van der Waals surface area contributed by atoms with Crippen molar-refractivity contribution in [2.75, 3.05) is 18.2 Å². The molecule has 1 amide bonds. The third-order valence-corrected chi connectivity index (χ3v) is 6.13. The fourth-order valence-electron chi connectivity index (χ4n) is 3.33. The van der Waals surface area contributed by atoms with Crippen molar-refractivity contribution in [3.8, 4) is 11.4 Å². The van der Waals surface area contributed by atoms with Gasteiger partial charge in [0.2, 0.25) is 5.91 Å². The Balaban J connectivity index is 1.50. The molecule has 0 atom stereocenters. The molecule has 0 saturated carbocycles. The van der Waals surface area contributed by atoms with Gasteiger partial charge in [-0.15, -0.1) is 10.2 Å². The number of carbonyl (C=O) groups is 1. The minimum absolute atomic E-state index is 0.134. The van der Waals surface area contributed by atoms with Crippen molar-refractivity contribution in [2.45, 2.75) is 18.0 Å². The standard InChI is InChI=1S/C25H23ClN4O2S/c1-32-22-9-5-8-20(16-22)27-24(31)17-33-25-29-28-23(15-10-18-6-3-2-4-7-18)30(25)21-13-11-19(26)12-14-21/h2-9,11-14,16H,10,15,17H2,1H3,(H,27,31). The van der Waals surface area contributed by atoms with Crippen molar-refractivity contribution < 1.29 is 9.53 Å². The van der Waals surface area contributed by atoms with Gasteiger partial charge in [-0.1, -0.05) is 59.8 Å². The van der Waals surface area contributed by atoms with Gasteiger partial charge in [0.25, 0.3) is 0 Å². The van der Waals surface area contributed by atoms with Crippen LogP contribution in [0.2, 0.25) is 5.02 Å². The SMILES string of the molecule is COc1cccc(NC(=O)CSc2nnc(CCc3ccccc3)n2-c2ccc(Cl)cc2)c1. The average molecular weight is 479 g/mol. The molecule has 0 fully saturated rings. The highest BCUT2D eigenvalue weighted by molar-refractivity contribution is 7.99. The van der Waals surface area contributed by atoms with Crippen molar-refractivity contribution in [2.24, 2.45) is 0 Å². The summed E-state index contributed by atoms with van der Waals surface area (Å²) in [4.78, 5) is 12.5. The number of hydrogen-bond acceptors (Lipinski definition) is 5. The van der Waals surface area contributed by atoms with E-state index >= 15 is 0 Å². The molecule has 4 rings (SSSR count). The number of methoxy groups -OCH3 is 1. The van der Waals surface area contributed by atoms with Crippen LogP contribution in [0.5, 0.6) is 5.75 Å². The van der Waals surface area contributed by atoms with Gasteiger partial charge in [0.15, 0.2) is 5.16 Å². The number of aromatic nitrogens is 3. The van der Waals surface area contributed by atoms with E-state index in [4.69, 9.17) is 16.3 Å². The third kappa shape index (κ3) is 6.15. The molecule has 168 valence electrons. The van der Waals surface area contributed by atoms with E-state index in [0.29, 0.717) is 21.6 Å². The van der Waals surface area contributed by atoms with Crippen LogP contribution < -0.4 is 10.1 Å². The summed E-state index contributed by atoms with van der Waals surface area (Å²) in [6.07, 6.45) is 1.56. The Hall–Kier alpha value is -3.29. The van der Waals surface area contributed by atoms with Crippen LogP contribution in [0.3, 0.4) is 0 Å². The van der Waals surface area contributed by atoms with E-state index in [2.05, 4.69) is 27.6 Å². The topological polar surface area (TPSA) is 69.0 Å². The predicted octanol–water partition coefficient (Wildman–Crippen LogP) is 5.45. The molecular weight excluding hydrogens is 456 g/mol. The van der Waals surface area contributed by atoms with Gasteiger partial charge in [-0.2, -0.15) is 0 Å². The molecule has 0 aliphatic heterocycles. The van der Waals surface area contributed by atoms with E-state index in [-0.39, 0.29) is 11.7 Å². The second kappa shape index (κ2) is 11.0. The molecule has 0 radical (unpaired) electrons. The molecule has 1 aromatic heterocycles. The molecule has 3 aromatic carbocycles. The summed E-state index contributed by atoms with van der Waals surface area (Å²) in [6.45, 7) is 0. The average Bonchev–Trinajstić information content (AvgIpc) is 3.25. The van der Waals surface area contributed by atoms with Crippen LogP contribution in [0, 0.1) is 0 Å². The normalized spacial score (nSPS) is 10.7. The number of rotatable bonds is 9. The van der Waals surface area contributed by atoms with Gasteiger partial charge in [0.05, 0.1) is 12.9 Å². The number of ether oxygens (including phenoxy) is 1. The third-order valence-electron chi connectivity index (χ3n) is 4.95. The van der Waals surface area contributed by atoms with Crippen LogP contribution in [-0.4, -0.2) is 33.5 Å². The zero-order valence-electron chi connectivity index (χ0n) is 18.1. The minimum Gasteiger partial charge on any atom is -0.497 e. The van der Waals surface area contributed by atoms with Gasteiger partial charge in [-0.25, -0.2) is 0 Å². The van der Waals surface area contributed by atoms with E-state index in [9.17, 15) is 4.79 Å². The first kappa shape index (κ1) is 22.9. The number of hydrogen-bond donors (Lipinski definition) is 1. The number of amides is 1. The smallest absolute Gasteiger partial charge is 0.234 e. The summed E-state index contributed by atoms with van der Waals surface area (Å²) >= 11 is 7.43. The first-order chi connectivity index (χ1) is 16.1.